The second kappa shape index (κ2) is 15.0. The van der Waals surface area contributed by atoms with Gasteiger partial charge in [0.2, 0.25) is 10.0 Å². The number of carbonyl (C=O) groups excluding carboxylic acids is 1. The maximum Gasteiger partial charge on any atom is 0.399 e. The summed E-state index contributed by atoms with van der Waals surface area (Å²) in [4.78, 5) is 12.0. The fourth-order valence-corrected chi connectivity index (χ4v) is 7.72. The zero-order valence-corrected chi connectivity index (χ0v) is 27.8. The molecule has 4 aromatic rings. The Kier molecular flexibility index (Phi) is 11.5. The Morgan fingerprint density at radius 1 is 0.889 bits per heavy atom. The third kappa shape index (κ3) is 8.36. The number of ether oxygens (including phenoxy) is 2. The van der Waals surface area contributed by atoms with Crippen molar-refractivity contribution in [2.24, 2.45) is 0 Å². The van der Waals surface area contributed by atoms with E-state index >= 15 is 0 Å². The Morgan fingerprint density at radius 2 is 1.53 bits per heavy atom. The molecule has 0 heterocycles. The molecule has 0 aliphatic rings. The fourth-order valence-electron chi connectivity index (χ4n) is 4.48. The van der Waals surface area contributed by atoms with E-state index in [2.05, 4.69) is 25.4 Å². The second-order valence-electron chi connectivity index (χ2n) is 9.67. The molecule has 238 valence electrons. The quantitative estimate of drug-likeness (QED) is 0.0992. The number of carbonyl (C=O) groups is 1. The lowest BCUT2D eigenvalue weighted by Gasteiger charge is -2.24. The van der Waals surface area contributed by atoms with Gasteiger partial charge < -0.3 is 9.47 Å². The summed E-state index contributed by atoms with van der Waals surface area (Å²) in [5, 5.41) is -0.0267. The van der Waals surface area contributed by atoms with Gasteiger partial charge in [-0.15, -0.1) is 9.46 Å². The zero-order valence-electron chi connectivity index (χ0n) is 23.8. The summed E-state index contributed by atoms with van der Waals surface area (Å²) in [7, 11) is -6.19. The number of rotatable bonds is 13. The first kappa shape index (κ1) is 34.7. The van der Waals surface area contributed by atoms with Crippen molar-refractivity contribution in [3.63, 3.8) is 0 Å². The Labute approximate surface area is 272 Å². The van der Waals surface area contributed by atoms with Gasteiger partial charge in [0, 0.05) is 22.6 Å². The molecule has 15 heteroatoms. The molecular formula is C30H26BrClF2NO8PS. The number of para-hydroxylation sites is 1. The number of methoxy groups -OCH3 is 2. The molecule has 0 saturated carbocycles. The summed E-state index contributed by atoms with van der Waals surface area (Å²) in [6.07, 6.45) is -0.784. The van der Waals surface area contributed by atoms with Gasteiger partial charge in [-0.2, -0.15) is 4.31 Å². The molecule has 9 nitrogen and oxygen atoms in total. The molecule has 0 bridgehead atoms. The van der Waals surface area contributed by atoms with Crippen molar-refractivity contribution in [2.75, 3.05) is 14.2 Å². The first-order valence-corrected chi connectivity index (χ1v) is 17.4. The van der Waals surface area contributed by atoms with Crippen molar-refractivity contribution in [3.8, 4) is 16.9 Å². The van der Waals surface area contributed by atoms with E-state index in [1.807, 2.05) is 6.07 Å². The predicted molar refractivity (Wildman–Crippen MR) is 167 cm³/mol. The van der Waals surface area contributed by atoms with Gasteiger partial charge in [0.25, 0.3) is 0 Å². The predicted octanol–water partition coefficient (Wildman–Crippen LogP) is 8.45. The standard InChI is InChI=1S/C30H26BrClF2NO8PS/c1-40-28-5-3-4-6-29(28)45(38,39)35(18-21-9-12-23(27(32)13-21)19-44(37,42-33)43-34)17-20-7-10-22(11-8-20)24-14-25(30(36)41-2)16-26(31)15-24/h3-16H,17-19H2,1-2H3. The van der Waals surface area contributed by atoms with Gasteiger partial charge in [-0.1, -0.05) is 76.1 Å². The summed E-state index contributed by atoms with van der Waals surface area (Å²) in [6.45, 7) is -0.223. The minimum absolute atomic E-state index is 0.0267. The van der Waals surface area contributed by atoms with E-state index < -0.39 is 29.8 Å². The molecule has 0 aliphatic carbocycles. The average molecular weight is 745 g/mol. The number of halogens is 4. The van der Waals surface area contributed by atoms with E-state index in [-0.39, 0.29) is 34.3 Å². The van der Waals surface area contributed by atoms with Crippen LogP contribution in [-0.2, 0) is 48.0 Å². The van der Waals surface area contributed by atoms with Crippen molar-refractivity contribution in [3.05, 3.63) is 117 Å². The third-order valence-corrected chi connectivity index (χ3v) is 10.5. The molecule has 0 saturated heterocycles. The van der Waals surface area contributed by atoms with Crippen LogP contribution >= 0.6 is 35.1 Å². The number of sulfonamides is 1. The second-order valence-corrected chi connectivity index (χ2v) is 14.7. The summed E-state index contributed by atoms with van der Waals surface area (Å²) in [5.74, 6) is -0.338. The lowest BCUT2D eigenvalue weighted by atomic mass is 10.0. The smallest absolute Gasteiger partial charge is 0.399 e. The SMILES string of the molecule is COC(=O)c1cc(Br)cc(-c2ccc(CN(Cc3ccc(CP(=O)(OF)OF)c(Cl)c3)S(=O)(=O)c3ccccc3OC)cc2)c1. The lowest BCUT2D eigenvalue weighted by Crippen LogP contribution is -2.30. The van der Waals surface area contributed by atoms with E-state index in [9.17, 15) is 26.8 Å². The molecule has 0 unspecified atom stereocenters. The maximum absolute atomic E-state index is 14.0. The highest BCUT2D eigenvalue weighted by Crippen LogP contribution is 2.53. The summed E-state index contributed by atoms with van der Waals surface area (Å²) in [5.41, 5.74) is 3.02. The number of nitrogens with zero attached hydrogens (tertiary/aromatic N) is 1. The third-order valence-electron chi connectivity index (χ3n) is 6.70. The largest absolute Gasteiger partial charge is 0.495 e. The Hall–Kier alpha value is -3.16. The fraction of sp³-hybridized carbons (Fsp3) is 0.167. The zero-order chi connectivity index (χ0) is 32.8. The van der Waals surface area contributed by atoms with Gasteiger partial charge in [-0.3, -0.25) is 4.57 Å². The van der Waals surface area contributed by atoms with Gasteiger partial charge in [0.1, 0.15) is 10.6 Å². The van der Waals surface area contributed by atoms with Crippen LogP contribution in [0.15, 0.2) is 94.3 Å². The van der Waals surface area contributed by atoms with Gasteiger partial charge in [-0.25, -0.2) is 13.2 Å². The monoisotopic (exact) mass is 743 g/mol. The summed E-state index contributed by atoms with van der Waals surface area (Å²) >= 11 is 9.71. The minimum atomic E-state index is -4.70. The highest BCUT2D eigenvalue weighted by atomic mass is 79.9. The van der Waals surface area contributed by atoms with Crippen molar-refractivity contribution >= 4 is 51.1 Å². The maximum atomic E-state index is 14.0. The van der Waals surface area contributed by atoms with Gasteiger partial charge in [0.15, 0.2) is 0 Å². The number of esters is 1. The van der Waals surface area contributed by atoms with Crippen LogP contribution in [0.4, 0.5) is 9.05 Å². The molecule has 0 N–H and O–H groups in total. The van der Waals surface area contributed by atoms with Crippen LogP contribution in [0.2, 0.25) is 5.02 Å². The van der Waals surface area contributed by atoms with Crippen LogP contribution < -0.4 is 4.74 Å². The molecule has 0 amide bonds. The van der Waals surface area contributed by atoms with Gasteiger partial charge >= 0.3 is 13.6 Å². The first-order chi connectivity index (χ1) is 21.4. The van der Waals surface area contributed by atoms with E-state index in [0.29, 0.717) is 21.2 Å². The average Bonchev–Trinajstić information content (AvgIpc) is 3.05. The molecule has 0 atom stereocenters. The van der Waals surface area contributed by atoms with Crippen molar-refractivity contribution in [2.45, 2.75) is 24.1 Å². The van der Waals surface area contributed by atoms with E-state index in [1.165, 1.54) is 48.9 Å². The van der Waals surface area contributed by atoms with Crippen LogP contribution in [0.3, 0.4) is 0 Å². The highest BCUT2D eigenvalue weighted by molar-refractivity contribution is 9.10. The number of hydrogen-bond donors (Lipinski definition) is 0. The van der Waals surface area contributed by atoms with E-state index in [1.54, 1.807) is 48.5 Å². The Morgan fingerprint density at radius 3 is 2.16 bits per heavy atom. The van der Waals surface area contributed by atoms with Crippen LogP contribution in [0.1, 0.15) is 27.0 Å². The topological polar surface area (TPSA) is 108 Å². The van der Waals surface area contributed by atoms with E-state index in [0.717, 1.165) is 11.1 Å². The van der Waals surface area contributed by atoms with Crippen molar-refractivity contribution in [1.29, 1.82) is 0 Å². The number of hydrogen-bond acceptors (Lipinski definition) is 8. The molecular weight excluding hydrogens is 719 g/mol. The molecule has 0 aromatic heterocycles. The Bertz CT molecular complexity index is 1840. The van der Waals surface area contributed by atoms with Crippen molar-refractivity contribution < 1.29 is 45.8 Å². The molecule has 4 aromatic carbocycles. The normalized spacial score (nSPS) is 11.9. The van der Waals surface area contributed by atoms with Gasteiger partial charge in [-0.05, 0) is 73.3 Å². The number of benzene rings is 4. The Balaban J connectivity index is 1.68. The minimum Gasteiger partial charge on any atom is -0.495 e. The van der Waals surface area contributed by atoms with Crippen molar-refractivity contribution in [1.82, 2.24) is 4.31 Å². The molecule has 0 fully saturated rings. The summed E-state index contributed by atoms with van der Waals surface area (Å²) in [6, 6.07) is 22.7. The molecule has 45 heavy (non-hydrogen) atoms. The highest BCUT2D eigenvalue weighted by Gasteiger charge is 2.31. The van der Waals surface area contributed by atoms with Crippen LogP contribution in [-0.4, -0.2) is 32.9 Å². The first-order valence-electron chi connectivity index (χ1n) is 13.0. The van der Waals surface area contributed by atoms with Crippen LogP contribution in [0.5, 0.6) is 5.75 Å². The molecule has 0 aliphatic heterocycles. The molecule has 0 radical (unpaired) electrons. The van der Waals surface area contributed by atoms with Gasteiger partial charge in [0.05, 0.1) is 25.9 Å². The van der Waals surface area contributed by atoms with Crippen LogP contribution in [0.25, 0.3) is 11.1 Å². The van der Waals surface area contributed by atoms with Crippen LogP contribution in [0, 0.1) is 0 Å². The van der Waals surface area contributed by atoms with E-state index in [4.69, 9.17) is 21.1 Å². The lowest BCUT2D eigenvalue weighted by molar-refractivity contribution is -0.0881. The molecule has 4 rings (SSSR count). The molecule has 0 spiro atoms. The summed E-state index contributed by atoms with van der Waals surface area (Å²) < 4.78 is 83.5.